The highest BCUT2D eigenvalue weighted by Gasteiger charge is 2.30. The van der Waals surface area contributed by atoms with Crippen molar-refractivity contribution in [3.63, 3.8) is 0 Å². The van der Waals surface area contributed by atoms with Gasteiger partial charge in [0.15, 0.2) is 0 Å². The Kier molecular flexibility index (Phi) is 4.27. The minimum Gasteiger partial charge on any atom is -0.497 e. The lowest BCUT2D eigenvalue weighted by atomic mass is 10.3. The molecule has 2 N–H and O–H groups in total. The number of anilines is 1. The van der Waals surface area contributed by atoms with Crippen LogP contribution in [0.25, 0.3) is 11.6 Å². The van der Waals surface area contributed by atoms with Gasteiger partial charge in [-0.2, -0.15) is 0 Å². The lowest BCUT2D eigenvalue weighted by Gasteiger charge is -2.12. The third-order valence-electron chi connectivity index (χ3n) is 4.22. The molecule has 2 heterocycles. The average molecular weight is 390 g/mol. The summed E-state index contributed by atoms with van der Waals surface area (Å²) in [5.74, 6) is 2.05. The molecule has 0 amide bonds. The Balaban J connectivity index is 1.60. The Morgan fingerprint density at radius 2 is 2.00 bits per heavy atom. The van der Waals surface area contributed by atoms with Crippen molar-refractivity contribution < 1.29 is 22.3 Å². The molecule has 0 unspecified atom stereocenters. The van der Waals surface area contributed by atoms with Crippen LogP contribution in [0.1, 0.15) is 24.7 Å². The number of sulfonamides is 1. The lowest BCUT2D eigenvalue weighted by molar-refractivity contribution is 0.405. The molecule has 0 atom stereocenters. The second-order valence-corrected chi connectivity index (χ2v) is 7.82. The van der Waals surface area contributed by atoms with Gasteiger partial charge < -0.3 is 18.9 Å². The number of rotatable bonds is 7. The summed E-state index contributed by atoms with van der Waals surface area (Å²) >= 11 is 0. The van der Waals surface area contributed by atoms with Gasteiger partial charge in [-0.3, -0.25) is 4.72 Å². The van der Waals surface area contributed by atoms with Crippen molar-refractivity contribution in [3.8, 4) is 23.1 Å². The van der Waals surface area contributed by atoms with Crippen molar-refractivity contribution in [1.29, 1.82) is 0 Å². The number of nitrogens with zero attached hydrogens (tertiary/aromatic N) is 2. The summed E-state index contributed by atoms with van der Waals surface area (Å²) in [5, 5.41) is 7.98. The maximum Gasteiger partial charge on any atom is 0.264 e. The zero-order valence-electron chi connectivity index (χ0n) is 14.7. The molecular weight excluding hydrogens is 372 g/mol. The van der Waals surface area contributed by atoms with Crippen LogP contribution < -0.4 is 14.2 Å². The maximum atomic E-state index is 12.7. The van der Waals surface area contributed by atoms with E-state index in [0.29, 0.717) is 29.0 Å². The van der Waals surface area contributed by atoms with E-state index in [4.69, 9.17) is 13.9 Å². The highest BCUT2D eigenvalue weighted by atomic mass is 32.2. The third-order valence-corrected chi connectivity index (χ3v) is 5.56. The SMILES string of the molecule is COc1ccc(OC)c(NS(=O)(=O)c2c[nH]c(-c3nnc(C4CC4)o3)c2)c1. The van der Waals surface area contributed by atoms with E-state index < -0.39 is 10.0 Å². The van der Waals surface area contributed by atoms with E-state index in [9.17, 15) is 8.42 Å². The van der Waals surface area contributed by atoms with Crippen LogP contribution in [-0.4, -0.2) is 37.8 Å². The summed E-state index contributed by atoms with van der Waals surface area (Å²) in [5.41, 5.74) is 0.709. The Hall–Kier alpha value is -3.01. The topological polar surface area (TPSA) is 119 Å². The molecule has 4 rings (SSSR count). The molecule has 2 aromatic heterocycles. The van der Waals surface area contributed by atoms with Gasteiger partial charge in [0.1, 0.15) is 22.1 Å². The van der Waals surface area contributed by atoms with Crippen LogP contribution in [0, 0.1) is 0 Å². The van der Waals surface area contributed by atoms with Crippen molar-refractivity contribution in [2.24, 2.45) is 0 Å². The lowest BCUT2D eigenvalue weighted by Crippen LogP contribution is -2.13. The molecule has 0 bridgehead atoms. The minimum absolute atomic E-state index is 0.0357. The van der Waals surface area contributed by atoms with Crippen molar-refractivity contribution >= 4 is 15.7 Å². The Morgan fingerprint density at radius 1 is 1.19 bits per heavy atom. The zero-order chi connectivity index (χ0) is 19.0. The van der Waals surface area contributed by atoms with Crippen molar-refractivity contribution in [2.45, 2.75) is 23.7 Å². The first-order valence-corrected chi connectivity index (χ1v) is 9.75. The highest BCUT2D eigenvalue weighted by Crippen LogP contribution is 2.40. The number of hydrogen-bond donors (Lipinski definition) is 2. The van der Waals surface area contributed by atoms with Crippen molar-refractivity contribution in [1.82, 2.24) is 15.2 Å². The number of aromatic amines is 1. The predicted molar refractivity (Wildman–Crippen MR) is 96.4 cm³/mol. The Labute approximate surface area is 155 Å². The Bertz CT molecular complexity index is 1070. The number of H-pyrrole nitrogens is 1. The van der Waals surface area contributed by atoms with E-state index in [2.05, 4.69) is 19.9 Å². The van der Waals surface area contributed by atoms with Gasteiger partial charge in [-0.05, 0) is 31.0 Å². The summed E-state index contributed by atoms with van der Waals surface area (Å²) in [4.78, 5) is 2.90. The van der Waals surface area contributed by atoms with Crippen molar-refractivity contribution in [3.05, 3.63) is 36.4 Å². The summed E-state index contributed by atoms with van der Waals surface area (Å²) in [6.45, 7) is 0. The van der Waals surface area contributed by atoms with E-state index >= 15 is 0 Å². The van der Waals surface area contributed by atoms with Crippen LogP contribution in [-0.2, 0) is 10.0 Å². The van der Waals surface area contributed by atoms with Gasteiger partial charge >= 0.3 is 0 Å². The molecule has 9 nitrogen and oxygen atoms in total. The van der Waals surface area contributed by atoms with Crippen LogP contribution >= 0.6 is 0 Å². The van der Waals surface area contributed by atoms with Gasteiger partial charge in [-0.15, -0.1) is 10.2 Å². The molecule has 10 heteroatoms. The predicted octanol–water partition coefficient (Wildman–Crippen LogP) is 2.76. The number of nitrogens with one attached hydrogen (secondary N) is 2. The molecule has 27 heavy (non-hydrogen) atoms. The van der Waals surface area contributed by atoms with E-state index in [0.717, 1.165) is 12.8 Å². The summed E-state index contributed by atoms with van der Waals surface area (Å²) in [7, 11) is -0.904. The summed E-state index contributed by atoms with van der Waals surface area (Å²) < 4.78 is 43.9. The van der Waals surface area contributed by atoms with Crippen LogP contribution in [0.5, 0.6) is 11.5 Å². The smallest absolute Gasteiger partial charge is 0.264 e. The van der Waals surface area contributed by atoms with Gasteiger partial charge in [0.25, 0.3) is 15.9 Å². The second-order valence-electron chi connectivity index (χ2n) is 6.14. The molecule has 3 aromatic rings. The van der Waals surface area contributed by atoms with Crippen LogP contribution in [0.2, 0.25) is 0 Å². The summed E-state index contributed by atoms with van der Waals surface area (Å²) in [6.07, 6.45) is 3.45. The van der Waals surface area contributed by atoms with Gasteiger partial charge in [0.05, 0.1) is 19.9 Å². The molecule has 0 radical (unpaired) electrons. The summed E-state index contributed by atoms with van der Waals surface area (Å²) in [6, 6.07) is 6.29. The number of methoxy groups -OCH3 is 2. The molecular formula is C17H18N4O5S. The maximum absolute atomic E-state index is 12.7. The first-order valence-electron chi connectivity index (χ1n) is 8.27. The Morgan fingerprint density at radius 3 is 2.70 bits per heavy atom. The first kappa shape index (κ1) is 17.4. The third kappa shape index (κ3) is 3.47. The van der Waals surface area contributed by atoms with Crippen LogP contribution in [0.15, 0.2) is 39.8 Å². The quantitative estimate of drug-likeness (QED) is 0.636. The van der Waals surface area contributed by atoms with E-state index in [1.54, 1.807) is 18.2 Å². The van der Waals surface area contributed by atoms with Gasteiger partial charge in [0, 0.05) is 18.2 Å². The largest absolute Gasteiger partial charge is 0.497 e. The molecule has 0 saturated heterocycles. The molecule has 142 valence electrons. The second kappa shape index (κ2) is 6.62. The molecule has 0 aliphatic heterocycles. The van der Waals surface area contributed by atoms with E-state index in [-0.39, 0.29) is 16.5 Å². The average Bonchev–Trinajstić information content (AvgIpc) is 3.18. The monoisotopic (exact) mass is 390 g/mol. The number of ether oxygens (including phenoxy) is 2. The van der Waals surface area contributed by atoms with Gasteiger partial charge in [0.2, 0.25) is 5.89 Å². The molecule has 1 fully saturated rings. The zero-order valence-corrected chi connectivity index (χ0v) is 15.5. The van der Waals surface area contributed by atoms with Gasteiger partial charge in [-0.25, -0.2) is 8.42 Å². The first-order chi connectivity index (χ1) is 13.0. The van der Waals surface area contributed by atoms with Gasteiger partial charge in [-0.1, -0.05) is 0 Å². The molecule has 1 aromatic carbocycles. The fraction of sp³-hybridized carbons (Fsp3) is 0.294. The molecule has 1 aliphatic rings. The normalized spacial score (nSPS) is 14.1. The van der Waals surface area contributed by atoms with E-state index in [1.165, 1.54) is 26.5 Å². The van der Waals surface area contributed by atoms with E-state index in [1.807, 2.05) is 0 Å². The van der Waals surface area contributed by atoms with Crippen LogP contribution in [0.4, 0.5) is 5.69 Å². The molecule has 1 saturated carbocycles. The standard InChI is InChI=1S/C17H18N4O5S/c1-24-11-5-6-15(25-2)13(7-11)21-27(22,23)12-8-14(18-9-12)17-20-19-16(26-17)10-3-4-10/h5-10,18,21H,3-4H2,1-2H3. The number of benzene rings is 1. The molecule has 1 aliphatic carbocycles. The minimum atomic E-state index is -3.86. The fourth-order valence-corrected chi connectivity index (χ4v) is 3.64. The fourth-order valence-electron chi connectivity index (χ4n) is 2.59. The van der Waals surface area contributed by atoms with Crippen molar-refractivity contribution in [2.75, 3.05) is 18.9 Å². The van der Waals surface area contributed by atoms with Crippen LogP contribution in [0.3, 0.4) is 0 Å². The number of hydrogen-bond acceptors (Lipinski definition) is 7. The molecule has 0 spiro atoms. The number of aromatic nitrogens is 3. The highest BCUT2D eigenvalue weighted by molar-refractivity contribution is 7.92.